The number of benzene rings is 1. The van der Waals surface area contributed by atoms with E-state index >= 15 is 4.39 Å². The highest BCUT2D eigenvalue weighted by Crippen LogP contribution is 2.39. The van der Waals surface area contributed by atoms with E-state index in [1.807, 2.05) is 18.7 Å². The molecule has 1 saturated heterocycles. The van der Waals surface area contributed by atoms with E-state index in [4.69, 9.17) is 4.74 Å². The molecule has 0 aliphatic carbocycles. The molecule has 1 aromatic heterocycles. The van der Waals surface area contributed by atoms with E-state index in [1.165, 1.54) is 19.4 Å². The molecule has 0 amide bonds. The summed E-state index contributed by atoms with van der Waals surface area (Å²) < 4.78 is 35.9. The van der Waals surface area contributed by atoms with Crippen molar-refractivity contribution < 1.29 is 18.6 Å². The highest BCUT2D eigenvalue weighted by molar-refractivity contribution is 5.92. The smallest absolute Gasteiger partial charge is 0.195 e. The molecule has 1 aromatic carbocycles. The van der Waals surface area contributed by atoms with Crippen molar-refractivity contribution in [1.29, 1.82) is 0 Å². The zero-order chi connectivity index (χ0) is 20.6. The third-order valence-corrected chi connectivity index (χ3v) is 5.22. The minimum atomic E-state index is -0.680. The van der Waals surface area contributed by atoms with Crippen molar-refractivity contribution in [2.24, 2.45) is 0 Å². The van der Waals surface area contributed by atoms with Crippen LogP contribution in [-0.4, -0.2) is 48.6 Å². The van der Waals surface area contributed by atoms with Gasteiger partial charge in [-0.2, -0.15) is 0 Å². The fourth-order valence-corrected chi connectivity index (χ4v) is 4.03. The van der Waals surface area contributed by atoms with Crippen LogP contribution in [0, 0.1) is 5.82 Å². The van der Waals surface area contributed by atoms with Crippen LogP contribution in [0.25, 0.3) is 10.9 Å². The average Bonchev–Trinajstić information content (AvgIpc) is 2.66. The molecule has 0 saturated carbocycles. The quantitative estimate of drug-likeness (QED) is 0.814. The number of hydrogen-bond donors (Lipinski definition) is 2. The van der Waals surface area contributed by atoms with E-state index in [-0.39, 0.29) is 34.5 Å². The number of fused-ring (bicyclic) bond motifs is 1. The number of rotatable bonds is 5. The third-order valence-electron chi connectivity index (χ3n) is 5.22. The van der Waals surface area contributed by atoms with Crippen molar-refractivity contribution in [2.45, 2.75) is 45.5 Å². The van der Waals surface area contributed by atoms with E-state index in [2.05, 4.69) is 5.32 Å². The molecule has 3 atom stereocenters. The molecule has 2 heterocycles. The predicted molar refractivity (Wildman–Crippen MR) is 106 cm³/mol. The molecular weight excluding hydrogens is 368 g/mol. The Hall–Kier alpha value is -2.19. The lowest BCUT2D eigenvalue weighted by atomic mass is 10.1. The molecule has 28 heavy (non-hydrogen) atoms. The molecular formula is C20H27F2N3O3. The summed E-state index contributed by atoms with van der Waals surface area (Å²) in [4.78, 5) is 14.6. The molecule has 0 radical (unpaired) electrons. The van der Waals surface area contributed by atoms with Gasteiger partial charge in [0.05, 0.1) is 30.7 Å². The summed E-state index contributed by atoms with van der Waals surface area (Å²) >= 11 is 0. The van der Waals surface area contributed by atoms with Crippen molar-refractivity contribution in [3.63, 3.8) is 0 Å². The molecule has 1 aliphatic heterocycles. The van der Waals surface area contributed by atoms with Crippen LogP contribution in [0.1, 0.15) is 32.4 Å². The second-order valence-electron chi connectivity index (χ2n) is 7.56. The summed E-state index contributed by atoms with van der Waals surface area (Å²) in [7, 11) is 1.42. The number of aliphatic hydroxyl groups is 1. The van der Waals surface area contributed by atoms with Crippen LogP contribution in [0.15, 0.2) is 17.1 Å². The standard InChI is InChI=1S/C20H27F2N3O3/c1-11-7-24(8-12(2)23-11)18-16(22)5-15-17(20(18)28-4)25(13(3)6-21)9-14(10-26)19(15)27/h5,9,11-13,23,26H,6-8,10H2,1-4H3/t11-,12+,13?. The van der Waals surface area contributed by atoms with Crippen LogP contribution in [-0.2, 0) is 6.61 Å². The van der Waals surface area contributed by atoms with Crippen molar-refractivity contribution in [3.8, 4) is 5.75 Å². The number of aromatic nitrogens is 1. The summed E-state index contributed by atoms with van der Waals surface area (Å²) in [5, 5.41) is 13.0. The first-order chi connectivity index (χ1) is 13.3. The predicted octanol–water partition coefficient (Wildman–Crippen LogP) is 2.36. The number of ether oxygens (including phenoxy) is 1. The fourth-order valence-electron chi connectivity index (χ4n) is 4.03. The van der Waals surface area contributed by atoms with Gasteiger partial charge >= 0.3 is 0 Å². The Labute approximate surface area is 162 Å². The monoisotopic (exact) mass is 395 g/mol. The average molecular weight is 395 g/mol. The summed E-state index contributed by atoms with van der Waals surface area (Å²) in [6.45, 7) is 5.64. The minimum absolute atomic E-state index is 0.0705. The van der Waals surface area contributed by atoms with Gasteiger partial charge in [0.1, 0.15) is 12.4 Å². The van der Waals surface area contributed by atoms with E-state index < -0.39 is 30.6 Å². The Morgan fingerprint density at radius 1 is 1.36 bits per heavy atom. The minimum Gasteiger partial charge on any atom is -0.492 e. The van der Waals surface area contributed by atoms with Crippen LogP contribution < -0.4 is 20.4 Å². The molecule has 154 valence electrons. The summed E-state index contributed by atoms with van der Waals surface area (Å²) in [6.07, 6.45) is 1.43. The molecule has 1 aliphatic rings. The number of pyridine rings is 1. The second-order valence-corrected chi connectivity index (χ2v) is 7.56. The summed E-state index contributed by atoms with van der Waals surface area (Å²) in [5.41, 5.74) is 0.216. The lowest BCUT2D eigenvalue weighted by Gasteiger charge is -2.38. The lowest BCUT2D eigenvalue weighted by Crippen LogP contribution is -2.54. The fraction of sp³-hybridized carbons (Fsp3) is 0.550. The van der Waals surface area contributed by atoms with Crippen molar-refractivity contribution in [2.75, 3.05) is 31.8 Å². The van der Waals surface area contributed by atoms with Crippen LogP contribution in [0.4, 0.5) is 14.5 Å². The van der Waals surface area contributed by atoms with Gasteiger partial charge in [-0.05, 0) is 26.8 Å². The molecule has 2 N–H and O–H groups in total. The molecule has 3 rings (SSSR count). The molecule has 1 unspecified atom stereocenters. The van der Waals surface area contributed by atoms with Gasteiger partial charge in [0, 0.05) is 36.9 Å². The van der Waals surface area contributed by atoms with E-state index in [0.717, 1.165) is 0 Å². The Bertz CT molecular complexity index is 921. The first-order valence-electron chi connectivity index (χ1n) is 9.44. The molecule has 6 nitrogen and oxygen atoms in total. The van der Waals surface area contributed by atoms with Crippen molar-refractivity contribution in [1.82, 2.24) is 9.88 Å². The van der Waals surface area contributed by atoms with Crippen molar-refractivity contribution in [3.05, 3.63) is 33.9 Å². The van der Waals surface area contributed by atoms with Crippen LogP contribution >= 0.6 is 0 Å². The zero-order valence-corrected chi connectivity index (χ0v) is 16.6. The maximum absolute atomic E-state index is 15.2. The number of piperazine rings is 1. The van der Waals surface area contributed by atoms with Gasteiger partial charge in [-0.25, -0.2) is 8.78 Å². The van der Waals surface area contributed by atoms with Crippen LogP contribution in [0.2, 0.25) is 0 Å². The van der Waals surface area contributed by atoms with Crippen molar-refractivity contribution >= 4 is 16.6 Å². The summed E-state index contributed by atoms with van der Waals surface area (Å²) in [5.74, 6) is -0.365. The maximum Gasteiger partial charge on any atom is 0.195 e. The first-order valence-corrected chi connectivity index (χ1v) is 9.44. The second kappa shape index (κ2) is 8.05. The topological polar surface area (TPSA) is 66.7 Å². The van der Waals surface area contributed by atoms with Gasteiger partial charge in [0.2, 0.25) is 0 Å². The Morgan fingerprint density at radius 2 is 2.00 bits per heavy atom. The number of anilines is 1. The van der Waals surface area contributed by atoms with Gasteiger partial charge in [-0.15, -0.1) is 0 Å². The van der Waals surface area contributed by atoms with Gasteiger partial charge in [0.15, 0.2) is 17.0 Å². The van der Waals surface area contributed by atoms with Gasteiger partial charge in [0.25, 0.3) is 0 Å². The SMILES string of the molecule is COc1c(N2C[C@@H](C)N[C@@H](C)C2)c(F)cc2c(=O)c(CO)cn(C(C)CF)c12. The van der Waals surface area contributed by atoms with Crippen LogP contribution in [0.5, 0.6) is 5.75 Å². The number of nitrogens with one attached hydrogen (secondary N) is 1. The number of hydrogen-bond acceptors (Lipinski definition) is 5. The molecule has 0 spiro atoms. The van der Waals surface area contributed by atoms with E-state index in [0.29, 0.717) is 18.6 Å². The third kappa shape index (κ3) is 3.46. The molecule has 8 heteroatoms. The zero-order valence-electron chi connectivity index (χ0n) is 16.6. The summed E-state index contributed by atoms with van der Waals surface area (Å²) in [6, 6.07) is 0.856. The van der Waals surface area contributed by atoms with E-state index in [1.54, 1.807) is 11.5 Å². The van der Waals surface area contributed by atoms with E-state index in [9.17, 15) is 14.3 Å². The normalized spacial score (nSPS) is 21.2. The molecule has 1 fully saturated rings. The first kappa shape index (κ1) is 20.5. The van der Waals surface area contributed by atoms with Crippen LogP contribution in [0.3, 0.4) is 0 Å². The lowest BCUT2D eigenvalue weighted by molar-refractivity contribution is 0.278. The van der Waals surface area contributed by atoms with Gasteiger partial charge < -0.3 is 24.6 Å². The maximum atomic E-state index is 15.2. The number of halogens is 2. The highest BCUT2D eigenvalue weighted by Gasteiger charge is 2.29. The Kier molecular flexibility index (Phi) is 5.90. The Morgan fingerprint density at radius 3 is 2.54 bits per heavy atom. The van der Waals surface area contributed by atoms with Gasteiger partial charge in [-0.1, -0.05) is 0 Å². The Balaban J connectivity index is 2.35. The molecule has 0 bridgehead atoms. The number of methoxy groups -OCH3 is 1. The van der Waals surface area contributed by atoms with Gasteiger partial charge in [-0.3, -0.25) is 4.79 Å². The highest BCUT2D eigenvalue weighted by atomic mass is 19.1. The number of alkyl halides is 1. The number of aliphatic hydroxyl groups excluding tert-OH is 1. The molecule has 2 aromatic rings. The largest absolute Gasteiger partial charge is 0.492 e. The number of nitrogens with zero attached hydrogens (tertiary/aromatic N) is 2.